The van der Waals surface area contributed by atoms with Gasteiger partial charge in [0.1, 0.15) is 0 Å². The molecule has 1 aromatic carbocycles. The van der Waals surface area contributed by atoms with Gasteiger partial charge in [-0.25, -0.2) is 4.99 Å². The molecule has 0 unspecified atom stereocenters. The third kappa shape index (κ3) is 3.65. The summed E-state index contributed by atoms with van der Waals surface area (Å²) in [6.45, 7) is 4.38. The maximum atomic E-state index is 6.09. The Hall–Kier alpha value is -2.34. The smallest absolute Gasteiger partial charge is 0.191 e. The normalized spacial score (nSPS) is 16.0. The maximum Gasteiger partial charge on any atom is 0.191 e. The fourth-order valence-corrected chi connectivity index (χ4v) is 2.49. The van der Waals surface area contributed by atoms with Crippen LogP contribution in [-0.4, -0.2) is 46.9 Å². The van der Waals surface area contributed by atoms with E-state index in [1.165, 1.54) is 11.1 Å². The van der Waals surface area contributed by atoms with Gasteiger partial charge in [-0.15, -0.1) is 0 Å². The highest BCUT2D eigenvalue weighted by molar-refractivity contribution is 5.78. The molecule has 3 rings (SSSR count). The number of rotatable bonds is 4. The maximum absolute atomic E-state index is 6.09. The number of aromatic nitrogens is 2. The van der Waals surface area contributed by atoms with E-state index in [1.807, 2.05) is 29.1 Å². The Balaban J connectivity index is 1.69. The first-order valence-corrected chi connectivity index (χ1v) is 7.50. The molecule has 116 valence electrons. The average Bonchev–Trinajstić information content (AvgIpc) is 3.07. The molecule has 0 saturated carbocycles. The van der Waals surface area contributed by atoms with Gasteiger partial charge in [0.15, 0.2) is 5.96 Å². The molecule has 0 radical (unpaired) electrons. The number of hydrogen-bond donors (Lipinski definition) is 1. The zero-order valence-electron chi connectivity index (χ0n) is 12.6. The number of morpholine rings is 1. The monoisotopic (exact) mass is 299 g/mol. The van der Waals surface area contributed by atoms with Crippen LogP contribution in [0.25, 0.3) is 0 Å². The van der Waals surface area contributed by atoms with Crippen molar-refractivity contribution in [3.05, 3.63) is 53.9 Å². The SMILES string of the molecule is NC(=NCc1ccccc1Cn1cccn1)N1CCOCC1. The molecule has 0 aliphatic carbocycles. The van der Waals surface area contributed by atoms with E-state index in [0.29, 0.717) is 25.7 Å². The van der Waals surface area contributed by atoms with E-state index in [4.69, 9.17) is 10.5 Å². The summed E-state index contributed by atoms with van der Waals surface area (Å²) < 4.78 is 7.24. The summed E-state index contributed by atoms with van der Waals surface area (Å²) in [6.07, 6.45) is 3.75. The lowest BCUT2D eigenvalue weighted by Crippen LogP contribution is -2.44. The van der Waals surface area contributed by atoms with Crippen LogP contribution in [0.15, 0.2) is 47.7 Å². The average molecular weight is 299 g/mol. The van der Waals surface area contributed by atoms with Gasteiger partial charge in [-0.3, -0.25) is 4.68 Å². The van der Waals surface area contributed by atoms with Crippen LogP contribution in [0.2, 0.25) is 0 Å². The van der Waals surface area contributed by atoms with Crippen LogP contribution < -0.4 is 5.73 Å². The summed E-state index contributed by atoms with van der Waals surface area (Å²) in [6, 6.07) is 10.2. The van der Waals surface area contributed by atoms with E-state index in [2.05, 4.69) is 27.1 Å². The van der Waals surface area contributed by atoms with Gasteiger partial charge in [-0.05, 0) is 17.2 Å². The fraction of sp³-hybridized carbons (Fsp3) is 0.375. The summed E-state index contributed by atoms with van der Waals surface area (Å²) in [5.74, 6) is 0.595. The van der Waals surface area contributed by atoms with Crippen molar-refractivity contribution in [1.82, 2.24) is 14.7 Å². The van der Waals surface area contributed by atoms with E-state index in [0.717, 1.165) is 19.6 Å². The number of nitrogens with two attached hydrogens (primary N) is 1. The molecule has 0 atom stereocenters. The van der Waals surface area contributed by atoms with Crippen LogP contribution in [0, 0.1) is 0 Å². The van der Waals surface area contributed by atoms with E-state index in [9.17, 15) is 0 Å². The number of benzene rings is 1. The highest BCUT2D eigenvalue weighted by Gasteiger charge is 2.12. The topological polar surface area (TPSA) is 68.7 Å². The van der Waals surface area contributed by atoms with Gasteiger partial charge >= 0.3 is 0 Å². The zero-order valence-corrected chi connectivity index (χ0v) is 12.6. The third-order valence-electron chi connectivity index (χ3n) is 3.76. The molecule has 1 aliphatic heterocycles. The van der Waals surface area contributed by atoms with Gasteiger partial charge < -0.3 is 15.4 Å². The molecule has 6 heteroatoms. The molecule has 2 heterocycles. The predicted octanol–water partition coefficient (Wildman–Crippen LogP) is 1.08. The first kappa shape index (κ1) is 14.6. The molecule has 0 spiro atoms. The Morgan fingerprint density at radius 3 is 2.68 bits per heavy atom. The second-order valence-electron chi connectivity index (χ2n) is 5.25. The standard InChI is InChI=1S/C16H21N5O/c17-16(20-8-10-22-11-9-20)18-12-14-4-1-2-5-15(14)13-21-7-3-6-19-21/h1-7H,8-13H2,(H2,17,18). The Morgan fingerprint density at radius 2 is 1.95 bits per heavy atom. The van der Waals surface area contributed by atoms with Crippen LogP contribution in [0.3, 0.4) is 0 Å². The summed E-state index contributed by atoms with van der Waals surface area (Å²) in [5, 5.41) is 4.26. The number of nitrogens with zero attached hydrogens (tertiary/aromatic N) is 4. The number of aliphatic imine (C=N–C) groups is 1. The van der Waals surface area contributed by atoms with E-state index < -0.39 is 0 Å². The second kappa shape index (κ2) is 7.09. The van der Waals surface area contributed by atoms with E-state index >= 15 is 0 Å². The van der Waals surface area contributed by atoms with Crippen molar-refractivity contribution >= 4 is 5.96 Å². The molecule has 6 nitrogen and oxygen atoms in total. The van der Waals surface area contributed by atoms with Crippen molar-refractivity contribution in [1.29, 1.82) is 0 Å². The van der Waals surface area contributed by atoms with Crippen LogP contribution >= 0.6 is 0 Å². The van der Waals surface area contributed by atoms with E-state index in [1.54, 1.807) is 6.20 Å². The van der Waals surface area contributed by atoms with Gasteiger partial charge in [-0.1, -0.05) is 24.3 Å². The van der Waals surface area contributed by atoms with Gasteiger partial charge in [0.05, 0.1) is 26.3 Å². The van der Waals surface area contributed by atoms with Gasteiger partial charge in [0, 0.05) is 25.5 Å². The molecule has 1 saturated heterocycles. The third-order valence-corrected chi connectivity index (χ3v) is 3.76. The van der Waals surface area contributed by atoms with Crippen LogP contribution in [0.5, 0.6) is 0 Å². The summed E-state index contributed by atoms with van der Waals surface area (Å²) >= 11 is 0. The first-order chi connectivity index (χ1) is 10.8. The quantitative estimate of drug-likeness (QED) is 0.677. The molecule has 1 aliphatic rings. The molecular formula is C16H21N5O. The van der Waals surface area contributed by atoms with Crippen LogP contribution in [-0.2, 0) is 17.8 Å². The lowest BCUT2D eigenvalue weighted by molar-refractivity contribution is 0.0674. The largest absolute Gasteiger partial charge is 0.378 e. The van der Waals surface area contributed by atoms with Crippen molar-refractivity contribution in [2.45, 2.75) is 13.1 Å². The first-order valence-electron chi connectivity index (χ1n) is 7.50. The summed E-state index contributed by atoms with van der Waals surface area (Å²) in [4.78, 5) is 6.61. The Morgan fingerprint density at radius 1 is 1.18 bits per heavy atom. The molecule has 2 N–H and O–H groups in total. The van der Waals surface area contributed by atoms with Gasteiger partial charge in [0.25, 0.3) is 0 Å². The summed E-state index contributed by atoms with van der Waals surface area (Å²) in [7, 11) is 0. The van der Waals surface area contributed by atoms with Crippen LogP contribution in [0.4, 0.5) is 0 Å². The Kier molecular flexibility index (Phi) is 4.70. The molecule has 22 heavy (non-hydrogen) atoms. The van der Waals surface area contributed by atoms with E-state index in [-0.39, 0.29) is 0 Å². The highest BCUT2D eigenvalue weighted by Crippen LogP contribution is 2.12. The minimum Gasteiger partial charge on any atom is -0.378 e. The van der Waals surface area contributed by atoms with Crippen molar-refractivity contribution < 1.29 is 4.74 Å². The highest BCUT2D eigenvalue weighted by atomic mass is 16.5. The second-order valence-corrected chi connectivity index (χ2v) is 5.25. The number of ether oxygens (including phenoxy) is 1. The molecule has 1 fully saturated rings. The lowest BCUT2D eigenvalue weighted by Gasteiger charge is -2.27. The van der Waals surface area contributed by atoms with Crippen molar-refractivity contribution in [2.75, 3.05) is 26.3 Å². The number of hydrogen-bond acceptors (Lipinski definition) is 3. The molecule has 2 aromatic rings. The van der Waals surface area contributed by atoms with Crippen molar-refractivity contribution in [3.8, 4) is 0 Å². The fourth-order valence-electron chi connectivity index (χ4n) is 2.49. The predicted molar refractivity (Wildman–Crippen MR) is 85.5 cm³/mol. The van der Waals surface area contributed by atoms with Crippen LogP contribution in [0.1, 0.15) is 11.1 Å². The molecule has 1 aromatic heterocycles. The Labute approximate surface area is 130 Å². The minimum absolute atomic E-state index is 0.584. The molecule has 0 amide bonds. The minimum atomic E-state index is 0.584. The van der Waals surface area contributed by atoms with Gasteiger partial charge in [-0.2, -0.15) is 5.10 Å². The molecular weight excluding hydrogens is 278 g/mol. The Bertz CT molecular complexity index is 617. The number of guanidine groups is 1. The zero-order chi connectivity index (χ0) is 15.2. The lowest BCUT2D eigenvalue weighted by atomic mass is 10.1. The van der Waals surface area contributed by atoms with Crippen molar-refractivity contribution in [3.63, 3.8) is 0 Å². The summed E-state index contributed by atoms with van der Waals surface area (Å²) in [5.41, 5.74) is 8.47. The van der Waals surface area contributed by atoms with Gasteiger partial charge in [0.2, 0.25) is 0 Å². The van der Waals surface area contributed by atoms with Crippen molar-refractivity contribution in [2.24, 2.45) is 10.7 Å². The molecule has 0 bridgehead atoms.